The molecule has 0 atom stereocenters. The monoisotopic (exact) mass is 234 g/mol. The Morgan fingerprint density at radius 3 is 2.71 bits per heavy atom. The van der Waals surface area contributed by atoms with E-state index in [9.17, 15) is 4.79 Å². The zero-order valence-corrected chi connectivity index (χ0v) is 10.3. The molecule has 1 aliphatic carbocycles. The molecular formula is C12H18N4O. The lowest BCUT2D eigenvalue weighted by Gasteiger charge is -2.09. The average Bonchev–Trinajstić information content (AvgIpc) is 3.06. The Kier molecular flexibility index (Phi) is 3.26. The lowest BCUT2D eigenvalue weighted by Crippen LogP contribution is -2.29. The minimum Gasteiger partial charge on any atom is -0.369 e. The second kappa shape index (κ2) is 4.69. The van der Waals surface area contributed by atoms with Crippen LogP contribution in [-0.2, 0) is 0 Å². The van der Waals surface area contributed by atoms with Gasteiger partial charge in [0.15, 0.2) is 5.69 Å². The number of hydrogen-bond acceptors (Lipinski definition) is 4. The third-order valence-electron chi connectivity index (χ3n) is 3.03. The molecule has 1 saturated carbocycles. The van der Waals surface area contributed by atoms with Crippen molar-refractivity contribution in [1.29, 1.82) is 0 Å². The van der Waals surface area contributed by atoms with Crippen molar-refractivity contribution in [2.45, 2.75) is 26.7 Å². The highest BCUT2D eigenvalue weighted by molar-refractivity contribution is 5.92. The number of carbonyl (C=O) groups is 1. The van der Waals surface area contributed by atoms with Crippen LogP contribution in [0.1, 0.15) is 37.2 Å². The molecule has 2 N–H and O–H groups in total. The molecule has 0 saturated heterocycles. The zero-order chi connectivity index (χ0) is 12.3. The van der Waals surface area contributed by atoms with Crippen molar-refractivity contribution in [3.8, 4) is 0 Å². The summed E-state index contributed by atoms with van der Waals surface area (Å²) in [6.45, 7) is 5.67. The van der Waals surface area contributed by atoms with E-state index in [0.29, 0.717) is 16.9 Å². The molecule has 2 rings (SSSR count). The largest absolute Gasteiger partial charge is 0.369 e. The van der Waals surface area contributed by atoms with E-state index in [4.69, 9.17) is 0 Å². The van der Waals surface area contributed by atoms with Crippen molar-refractivity contribution >= 4 is 11.7 Å². The van der Waals surface area contributed by atoms with Gasteiger partial charge >= 0.3 is 0 Å². The van der Waals surface area contributed by atoms with Gasteiger partial charge in [-0.2, -0.15) is 0 Å². The maximum atomic E-state index is 11.8. The van der Waals surface area contributed by atoms with Crippen LogP contribution in [0.25, 0.3) is 0 Å². The van der Waals surface area contributed by atoms with Crippen LogP contribution in [0.15, 0.2) is 12.1 Å². The number of amides is 1. The molecule has 0 bridgehead atoms. The first-order chi connectivity index (χ1) is 8.13. The van der Waals surface area contributed by atoms with Crippen LogP contribution in [0.4, 0.5) is 5.82 Å². The van der Waals surface area contributed by atoms with Gasteiger partial charge in [-0.05, 0) is 37.3 Å². The van der Waals surface area contributed by atoms with E-state index < -0.39 is 0 Å². The number of nitrogens with zero attached hydrogens (tertiary/aromatic N) is 2. The number of rotatable bonds is 5. The van der Waals surface area contributed by atoms with E-state index >= 15 is 0 Å². The Morgan fingerprint density at radius 2 is 2.18 bits per heavy atom. The molecule has 0 radical (unpaired) electrons. The highest BCUT2D eigenvalue weighted by Gasteiger charge is 2.37. The maximum absolute atomic E-state index is 11.8. The minimum atomic E-state index is -0.145. The van der Waals surface area contributed by atoms with Crippen molar-refractivity contribution in [3.05, 3.63) is 17.8 Å². The van der Waals surface area contributed by atoms with Gasteiger partial charge in [0, 0.05) is 13.1 Å². The van der Waals surface area contributed by atoms with E-state index in [1.165, 1.54) is 12.8 Å². The molecule has 0 aliphatic heterocycles. The molecule has 0 aromatic carbocycles. The SMILES string of the molecule is CCNc1ccc(C(=O)NCC2(C)CC2)nn1. The second-order valence-corrected chi connectivity index (χ2v) is 4.83. The fourth-order valence-corrected chi connectivity index (χ4v) is 1.50. The first kappa shape index (κ1) is 11.8. The van der Waals surface area contributed by atoms with Crippen LogP contribution in [0.3, 0.4) is 0 Å². The lowest BCUT2D eigenvalue weighted by atomic mass is 10.1. The van der Waals surface area contributed by atoms with Gasteiger partial charge in [-0.3, -0.25) is 4.79 Å². The van der Waals surface area contributed by atoms with E-state index in [2.05, 4.69) is 27.8 Å². The first-order valence-corrected chi connectivity index (χ1v) is 5.99. The molecule has 1 aromatic heterocycles. The summed E-state index contributed by atoms with van der Waals surface area (Å²) in [4.78, 5) is 11.8. The predicted molar refractivity (Wildman–Crippen MR) is 65.9 cm³/mol. The number of aromatic nitrogens is 2. The van der Waals surface area contributed by atoms with E-state index in [1.807, 2.05) is 6.92 Å². The average molecular weight is 234 g/mol. The van der Waals surface area contributed by atoms with Crippen molar-refractivity contribution < 1.29 is 4.79 Å². The summed E-state index contributed by atoms with van der Waals surface area (Å²) in [6, 6.07) is 3.46. The Hall–Kier alpha value is -1.65. The van der Waals surface area contributed by atoms with Crippen LogP contribution >= 0.6 is 0 Å². The third kappa shape index (κ3) is 3.15. The molecule has 1 aliphatic rings. The topological polar surface area (TPSA) is 66.9 Å². The Labute approximate surface area is 101 Å². The van der Waals surface area contributed by atoms with Crippen molar-refractivity contribution in [3.63, 3.8) is 0 Å². The normalized spacial score (nSPS) is 16.4. The first-order valence-electron chi connectivity index (χ1n) is 5.99. The van der Waals surface area contributed by atoms with E-state index in [0.717, 1.165) is 13.1 Å². The van der Waals surface area contributed by atoms with Crippen molar-refractivity contribution in [2.75, 3.05) is 18.4 Å². The highest BCUT2D eigenvalue weighted by atomic mass is 16.1. The van der Waals surface area contributed by atoms with Gasteiger partial charge in [-0.1, -0.05) is 6.92 Å². The van der Waals surface area contributed by atoms with Gasteiger partial charge in [0.2, 0.25) is 0 Å². The molecule has 92 valence electrons. The minimum absolute atomic E-state index is 0.145. The summed E-state index contributed by atoms with van der Waals surface area (Å²) in [5, 5.41) is 13.7. The summed E-state index contributed by atoms with van der Waals surface area (Å²) in [6.07, 6.45) is 2.39. The predicted octanol–water partition coefficient (Wildman–Crippen LogP) is 1.44. The molecule has 1 fully saturated rings. The number of nitrogens with one attached hydrogen (secondary N) is 2. The quantitative estimate of drug-likeness (QED) is 0.809. The molecule has 1 heterocycles. The van der Waals surface area contributed by atoms with Gasteiger partial charge in [0.05, 0.1) is 0 Å². The number of carbonyl (C=O) groups excluding carboxylic acids is 1. The third-order valence-corrected chi connectivity index (χ3v) is 3.03. The standard InChI is InChI=1S/C12H18N4O/c1-3-13-10-5-4-9(15-16-10)11(17)14-8-12(2)6-7-12/h4-5H,3,6-8H2,1-2H3,(H,13,16)(H,14,17). The van der Waals surface area contributed by atoms with Crippen LogP contribution in [-0.4, -0.2) is 29.2 Å². The van der Waals surface area contributed by atoms with Gasteiger partial charge in [-0.25, -0.2) is 0 Å². The van der Waals surface area contributed by atoms with Crippen LogP contribution < -0.4 is 10.6 Å². The fraction of sp³-hybridized carbons (Fsp3) is 0.583. The summed E-state index contributed by atoms with van der Waals surface area (Å²) < 4.78 is 0. The zero-order valence-electron chi connectivity index (χ0n) is 10.3. The lowest BCUT2D eigenvalue weighted by molar-refractivity contribution is 0.0940. The molecule has 5 heteroatoms. The fourth-order valence-electron chi connectivity index (χ4n) is 1.50. The second-order valence-electron chi connectivity index (χ2n) is 4.83. The smallest absolute Gasteiger partial charge is 0.271 e. The molecule has 0 unspecified atom stereocenters. The van der Waals surface area contributed by atoms with Gasteiger partial charge in [-0.15, -0.1) is 10.2 Å². The Morgan fingerprint density at radius 1 is 1.41 bits per heavy atom. The molecule has 1 aromatic rings. The van der Waals surface area contributed by atoms with Crippen LogP contribution in [0.2, 0.25) is 0 Å². The van der Waals surface area contributed by atoms with Crippen molar-refractivity contribution in [1.82, 2.24) is 15.5 Å². The van der Waals surface area contributed by atoms with E-state index in [1.54, 1.807) is 12.1 Å². The van der Waals surface area contributed by atoms with Crippen LogP contribution in [0, 0.1) is 5.41 Å². The van der Waals surface area contributed by atoms with Gasteiger partial charge in [0.1, 0.15) is 5.82 Å². The van der Waals surface area contributed by atoms with Crippen molar-refractivity contribution in [2.24, 2.45) is 5.41 Å². The summed E-state index contributed by atoms with van der Waals surface area (Å²) in [5.74, 6) is 0.548. The van der Waals surface area contributed by atoms with Gasteiger partial charge in [0.25, 0.3) is 5.91 Å². The maximum Gasteiger partial charge on any atom is 0.271 e. The number of hydrogen-bond donors (Lipinski definition) is 2. The molecule has 1 amide bonds. The van der Waals surface area contributed by atoms with E-state index in [-0.39, 0.29) is 5.91 Å². The molecule has 17 heavy (non-hydrogen) atoms. The molecular weight excluding hydrogens is 216 g/mol. The summed E-state index contributed by atoms with van der Waals surface area (Å²) in [5.41, 5.74) is 0.684. The summed E-state index contributed by atoms with van der Waals surface area (Å²) in [7, 11) is 0. The van der Waals surface area contributed by atoms with Gasteiger partial charge < -0.3 is 10.6 Å². The molecule has 5 nitrogen and oxygen atoms in total. The Balaban J connectivity index is 1.89. The molecule has 0 spiro atoms. The van der Waals surface area contributed by atoms with Crippen LogP contribution in [0.5, 0.6) is 0 Å². The summed E-state index contributed by atoms with van der Waals surface area (Å²) >= 11 is 0. The number of anilines is 1. The highest BCUT2D eigenvalue weighted by Crippen LogP contribution is 2.44. The Bertz CT molecular complexity index is 397.